The zero-order chi connectivity index (χ0) is 24.9. The minimum Gasteiger partial charge on any atom is -0.459 e. The first kappa shape index (κ1) is 24.3. The summed E-state index contributed by atoms with van der Waals surface area (Å²) < 4.78 is 22.8. The Morgan fingerprint density at radius 1 is 0.917 bits per heavy atom. The summed E-state index contributed by atoms with van der Waals surface area (Å²) in [6.45, 7) is 0.829. The van der Waals surface area contributed by atoms with Crippen molar-refractivity contribution in [2.75, 3.05) is 19.7 Å². The summed E-state index contributed by atoms with van der Waals surface area (Å²) in [4.78, 5) is 41.4. The van der Waals surface area contributed by atoms with Crippen molar-refractivity contribution >= 4 is 18.0 Å². The van der Waals surface area contributed by atoms with Gasteiger partial charge >= 0.3 is 12.1 Å². The summed E-state index contributed by atoms with van der Waals surface area (Å²) in [6.07, 6.45) is 1.26. The average molecular weight is 495 g/mol. The zero-order valence-electron chi connectivity index (χ0n) is 20.0. The first-order valence-electron chi connectivity index (χ1n) is 12.3. The number of esters is 1. The monoisotopic (exact) mass is 494 g/mol. The van der Waals surface area contributed by atoms with E-state index in [-0.39, 0.29) is 32.2 Å². The summed E-state index contributed by atoms with van der Waals surface area (Å²) in [7, 11) is 0. The molecule has 2 aromatic rings. The van der Waals surface area contributed by atoms with Crippen molar-refractivity contribution in [3.63, 3.8) is 0 Å². The third kappa shape index (κ3) is 5.37. The fourth-order valence-electron chi connectivity index (χ4n) is 4.92. The Morgan fingerprint density at radius 2 is 1.58 bits per heavy atom. The normalized spacial score (nSPS) is 25.2. The molecule has 190 valence electrons. The van der Waals surface area contributed by atoms with Gasteiger partial charge in [-0.3, -0.25) is 14.5 Å². The van der Waals surface area contributed by atoms with Crippen LogP contribution in [-0.2, 0) is 41.8 Å². The minimum atomic E-state index is -0.733. The van der Waals surface area contributed by atoms with Crippen LogP contribution in [0.2, 0.25) is 0 Å². The van der Waals surface area contributed by atoms with Crippen molar-refractivity contribution in [2.45, 2.75) is 57.0 Å². The van der Waals surface area contributed by atoms with Gasteiger partial charge < -0.3 is 23.8 Å². The van der Waals surface area contributed by atoms with Crippen LogP contribution in [-0.4, -0.2) is 71.9 Å². The van der Waals surface area contributed by atoms with Crippen LogP contribution < -0.4 is 0 Å². The van der Waals surface area contributed by atoms with Crippen molar-refractivity contribution in [1.82, 2.24) is 9.80 Å². The van der Waals surface area contributed by atoms with Crippen LogP contribution in [0, 0.1) is 0 Å². The molecule has 0 N–H and O–H groups in total. The van der Waals surface area contributed by atoms with E-state index in [2.05, 4.69) is 0 Å². The SMILES string of the molecule is O=C(CN1C(=O)[C@@H]2C1C(OC1CCCCO1)CN2C(=O)OCc1ccccc1)OCc1ccccc1. The second-order valence-corrected chi connectivity index (χ2v) is 9.21. The molecule has 36 heavy (non-hydrogen) atoms. The molecular weight excluding hydrogens is 464 g/mol. The van der Waals surface area contributed by atoms with Crippen molar-refractivity contribution in [3.8, 4) is 0 Å². The van der Waals surface area contributed by atoms with Crippen LogP contribution in [0.4, 0.5) is 4.79 Å². The Morgan fingerprint density at radius 3 is 2.22 bits per heavy atom. The predicted molar refractivity (Wildman–Crippen MR) is 127 cm³/mol. The molecule has 0 spiro atoms. The first-order chi connectivity index (χ1) is 17.6. The lowest BCUT2D eigenvalue weighted by molar-refractivity contribution is -0.202. The van der Waals surface area contributed by atoms with Gasteiger partial charge in [-0.15, -0.1) is 0 Å². The second kappa shape index (κ2) is 11.1. The molecule has 4 atom stereocenters. The summed E-state index contributed by atoms with van der Waals surface area (Å²) in [5, 5.41) is 0. The van der Waals surface area contributed by atoms with Gasteiger partial charge in [0.25, 0.3) is 0 Å². The molecule has 0 aliphatic carbocycles. The lowest BCUT2D eigenvalue weighted by Gasteiger charge is -2.46. The zero-order valence-corrected chi connectivity index (χ0v) is 20.0. The molecule has 0 saturated carbocycles. The van der Waals surface area contributed by atoms with Crippen molar-refractivity contribution in [1.29, 1.82) is 0 Å². The molecule has 0 aromatic heterocycles. The molecule has 3 unspecified atom stereocenters. The number of β-lactam (4-membered cyclic amide) rings is 1. The van der Waals surface area contributed by atoms with Crippen LogP contribution in [0.1, 0.15) is 30.4 Å². The smallest absolute Gasteiger partial charge is 0.410 e. The van der Waals surface area contributed by atoms with Gasteiger partial charge in [0.15, 0.2) is 6.29 Å². The van der Waals surface area contributed by atoms with Crippen LogP contribution in [0.5, 0.6) is 0 Å². The predicted octanol–water partition coefficient (Wildman–Crippen LogP) is 2.87. The Hall–Kier alpha value is -3.43. The number of hydrogen-bond donors (Lipinski definition) is 0. The van der Waals surface area contributed by atoms with Crippen LogP contribution in [0.3, 0.4) is 0 Å². The van der Waals surface area contributed by atoms with E-state index in [4.69, 9.17) is 18.9 Å². The molecule has 3 aliphatic rings. The molecule has 9 nitrogen and oxygen atoms in total. The van der Waals surface area contributed by atoms with Crippen LogP contribution >= 0.6 is 0 Å². The van der Waals surface area contributed by atoms with E-state index in [1.54, 1.807) is 0 Å². The Bertz CT molecular complexity index is 1060. The number of fused-ring (bicyclic) bond motifs is 1. The number of amides is 2. The number of carbonyl (C=O) groups excluding carboxylic acids is 3. The number of rotatable bonds is 8. The maximum Gasteiger partial charge on any atom is 0.410 e. The van der Waals surface area contributed by atoms with Gasteiger partial charge in [0.05, 0.1) is 12.6 Å². The van der Waals surface area contributed by atoms with Gasteiger partial charge in [-0.05, 0) is 30.4 Å². The topological polar surface area (TPSA) is 94.6 Å². The van der Waals surface area contributed by atoms with E-state index < -0.39 is 36.5 Å². The molecular formula is C27H30N2O7. The fourth-order valence-corrected chi connectivity index (χ4v) is 4.92. The van der Waals surface area contributed by atoms with E-state index in [1.165, 1.54) is 9.80 Å². The van der Waals surface area contributed by atoms with E-state index in [0.717, 1.165) is 30.4 Å². The second-order valence-electron chi connectivity index (χ2n) is 9.21. The molecule has 0 radical (unpaired) electrons. The highest BCUT2D eigenvalue weighted by Gasteiger charge is 2.62. The third-order valence-corrected chi connectivity index (χ3v) is 6.76. The van der Waals surface area contributed by atoms with Gasteiger partial charge in [-0.25, -0.2) is 4.79 Å². The fraction of sp³-hybridized carbons (Fsp3) is 0.444. The molecule has 9 heteroatoms. The van der Waals surface area contributed by atoms with E-state index >= 15 is 0 Å². The van der Waals surface area contributed by atoms with Gasteiger partial charge in [0, 0.05) is 6.61 Å². The van der Waals surface area contributed by atoms with E-state index in [9.17, 15) is 14.4 Å². The summed E-state index contributed by atoms with van der Waals surface area (Å²) in [6, 6.07) is 17.5. The number of benzene rings is 2. The van der Waals surface area contributed by atoms with Crippen molar-refractivity contribution < 1.29 is 33.3 Å². The van der Waals surface area contributed by atoms with E-state index in [1.807, 2.05) is 60.7 Å². The number of hydrogen-bond acceptors (Lipinski definition) is 7. The molecule has 2 amide bonds. The van der Waals surface area contributed by atoms with Gasteiger partial charge in [-0.1, -0.05) is 60.7 Å². The first-order valence-corrected chi connectivity index (χ1v) is 12.3. The quantitative estimate of drug-likeness (QED) is 0.411. The number of carbonyl (C=O) groups is 3. The molecule has 0 bridgehead atoms. The van der Waals surface area contributed by atoms with Gasteiger partial charge in [0.2, 0.25) is 5.91 Å². The lowest BCUT2D eigenvalue weighted by atomic mass is 9.94. The highest BCUT2D eigenvalue weighted by atomic mass is 16.7. The number of ether oxygens (including phenoxy) is 4. The highest BCUT2D eigenvalue weighted by molar-refractivity contribution is 5.95. The maximum atomic E-state index is 13.1. The molecule has 3 heterocycles. The highest BCUT2D eigenvalue weighted by Crippen LogP contribution is 2.37. The molecule has 3 fully saturated rings. The summed E-state index contributed by atoms with van der Waals surface area (Å²) in [5.41, 5.74) is 1.72. The molecule has 3 aliphatic heterocycles. The average Bonchev–Trinajstić information content (AvgIpc) is 3.26. The third-order valence-electron chi connectivity index (χ3n) is 6.76. The molecule has 2 aromatic carbocycles. The van der Waals surface area contributed by atoms with Gasteiger partial charge in [-0.2, -0.15) is 0 Å². The summed E-state index contributed by atoms with van der Waals surface area (Å²) in [5.74, 6) is -0.826. The van der Waals surface area contributed by atoms with Gasteiger partial charge in [0.1, 0.15) is 31.9 Å². The van der Waals surface area contributed by atoms with Crippen LogP contribution in [0.25, 0.3) is 0 Å². The van der Waals surface area contributed by atoms with E-state index in [0.29, 0.717) is 6.61 Å². The summed E-state index contributed by atoms with van der Waals surface area (Å²) >= 11 is 0. The molecule has 5 rings (SSSR count). The van der Waals surface area contributed by atoms with Crippen molar-refractivity contribution in [3.05, 3.63) is 71.8 Å². The Labute approximate surface area is 209 Å². The van der Waals surface area contributed by atoms with Crippen LogP contribution in [0.15, 0.2) is 60.7 Å². The largest absolute Gasteiger partial charge is 0.459 e. The number of nitrogens with zero attached hydrogens (tertiary/aromatic N) is 2. The Balaban J connectivity index is 1.23. The lowest BCUT2D eigenvalue weighted by Crippen LogP contribution is -2.70. The standard InChI is InChI=1S/C27H30N2O7/c30-22(34-17-19-9-3-1-4-10-19)16-28-24-21(36-23-13-7-8-14-33-23)15-29(25(24)26(28)31)27(32)35-18-20-11-5-2-6-12-20/h1-6,9-12,21,23-25H,7-8,13-18H2/t21?,23?,24?,25-/m0/s1. The molecule has 3 saturated heterocycles. The minimum absolute atomic E-state index is 0.106. The Kier molecular flexibility index (Phi) is 7.48. The number of likely N-dealkylation sites (tertiary alicyclic amines) is 2. The maximum absolute atomic E-state index is 13.1. The van der Waals surface area contributed by atoms with Crippen molar-refractivity contribution in [2.24, 2.45) is 0 Å².